The Kier molecular flexibility index (Phi) is 2.89. The zero-order valence-electron chi connectivity index (χ0n) is 11.2. The van der Waals surface area contributed by atoms with Crippen LogP contribution in [0.3, 0.4) is 0 Å². The van der Waals surface area contributed by atoms with Crippen LogP contribution in [0.5, 0.6) is 0 Å². The van der Waals surface area contributed by atoms with Crippen LogP contribution in [0, 0.1) is 0 Å². The summed E-state index contributed by atoms with van der Waals surface area (Å²) < 4.78 is 1.13. The van der Waals surface area contributed by atoms with E-state index in [4.69, 9.17) is 0 Å². The fourth-order valence-electron chi connectivity index (χ4n) is 3.33. The first-order valence-electron chi connectivity index (χ1n) is 7.12. The Bertz CT molecular complexity index is 774. The molecule has 0 fully saturated rings. The molecule has 98 valence electrons. The fourth-order valence-corrected chi connectivity index (χ4v) is 3.59. The molecule has 0 N–H and O–H groups in total. The lowest BCUT2D eigenvalue weighted by atomic mass is 9.85. The third-order valence-electron chi connectivity index (χ3n) is 4.26. The third kappa shape index (κ3) is 1.89. The standard InChI is InChI=1S/C19H15Br/c20-16-10-7-13(8-11-16)17-12-9-15-4-1-3-14-5-2-6-18(17)19(14)15/h2,5-12H,1,3-4H2. The average Bonchev–Trinajstić information content (AvgIpc) is 2.49. The lowest BCUT2D eigenvalue weighted by Gasteiger charge is -2.19. The SMILES string of the molecule is Brc1ccc(-c2ccc3c4c(cccc24)CCC3)cc1. The van der Waals surface area contributed by atoms with Crippen molar-refractivity contribution in [1.82, 2.24) is 0 Å². The van der Waals surface area contributed by atoms with Crippen molar-refractivity contribution in [3.63, 3.8) is 0 Å². The van der Waals surface area contributed by atoms with Crippen LogP contribution in [-0.2, 0) is 12.8 Å². The van der Waals surface area contributed by atoms with Crippen LogP contribution in [0.4, 0.5) is 0 Å². The van der Waals surface area contributed by atoms with E-state index in [1.807, 2.05) is 0 Å². The van der Waals surface area contributed by atoms with Gasteiger partial charge in [-0.15, -0.1) is 0 Å². The van der Waals surface area contributed by atoms with Crippen molar-refractivity contribution in [3.05, 3.63) is 70.2 Å². The summed E-state index contributed by atoms with van der Waals surface area (Å²) in [4.78, 5) is 0. The summed E-state index contributed by atoms with van der Waals surface area (Å²) in [7, 11) is 0. The first kappa shape index (κ1) is 12.2. The summed E-state index contributed by atoms with van der Waals surface area (Å²) in [6.07, 6.45) is 3.71. The molecule has 0 amide bonds. The van der Waals surface area contributed by atoms with E-state index in [0.29, 0.717) is 0 Å². The smallest absolute Gasteiger partial charge is 0.0175 e. The van der Waals surface area contributed by atoms with Gasteiger partial charge < -0.3 is 0 Å². The summed E-state index contributed by atoms with van der Waals surface area (Å²) in [5.41, 5.74) is 5.67. The second-order valence-electron chi connectivity index (χ2n) is 5.47. The molecule has 0 nitrogen and oxygen atoms in total. The van der Waals surface area contributed by atoms with Gasteiger partial charge in [-0.1, -0.05) is 58.4 Å². The molecule has 0 saturated carbocycles. The Morgan fingerprint density at radius 3 is 2.30 bits per heavy atom. The minimum atomic E-state index is 1.13. The lowest BCUT2D eigenvalue weighted by Crippen LogP contribution is -2.01. The number of aryl methyl sites for hydroxylation is 2. The number of hydrogen-bond acceptors (Lipinski definition) is 0. The van der Waals surface area contributed by atoms with Crippen molar-refractivity contribution in [3.8, 4) is 11.1 Å². The zero-order valence-corrected chi connectivity index (χ0v) is 12.8. The monoisotopic (exact) mass is 322 g/mol. The lowest BCUT2D eigenvalue weighted by molar-refractivity contribution is 0.808. The van der Waals surface area contributed by atoms with Crippen molar-refractivity contribution in [1.29, 1.82) is 0 Å². The third-order valence-corrected chi connectivity index (χ3v) is 4.79. The highest BCUT2D eigenvalue weighted by molar-refractivity contribution is 9.10. The van der Waals surface area contributed by atoms with Crippen LogP contribution in [-0.4, -0.2) is 0 Å². The minimum absolute atomic E-state index is 1.13. The fraction of sp³-hybridized carbons (Fsp3) is 0.158. The first-order valence-corrected chi connectivity index (χ1v) is 7.92. The summed E-state index contributed by atoms with van der Waals surface area (Å²) in [5.74, 6) is 0. The molecule has 0 unspecified atom stereocenters. The minimum Gasteiger partial charge on any atom is -0.0613 e. The number of halogens is 1. The quantitative estimate of drug-likeness (QED) is 0.534. The molecule has 1 aliphatic carbocycles. The molecule has 0 radical (unpaired) electrons. The van der Waals surface area contributed by atoms with Gasteiger partial charge in [0.2, 0.25) is 0 Å². The van der Waals surface area contributed by atoms with Gasteiger partial charge >= 0.3 is 0 Å². The predicted molar refractivity (Wildman–Crippen MR) is 89.1 cm³/mol. The molecule has 3 aromatic carbocycles. The molecular formula is C19H15Br. The molecule has 20 heavy (non-hydrogen) atoms. The zero-order chi connectivity index (χ0) is 13.5. The van der Waals surface area contributed by atoms with Gasteiger partial charge in [-0.3, -0.25) is 0 Å². The Labute approximate surface area is 127 Å². The van der Waals surface area contributed by atoms with Gasteiger partial charge in [-0.05, 0) is 64.4 Å². The van der Waals surface area contributed by atoms with E-state index in [9.17, 15) is 0 Å². The highest BCUT2D eigenvalue weighted by atomic mass is 79.9. The molecule has 0 atom stereocenters. The maximum atomic E-state index is 3.51. The first-order chi connectivity index (χ1) is 9.83. The molecule has 3 aromatic rings. The second kappa shape index (κ2) is 4.75. The number of rotatable bonds is 1. The maximum absolute atomic E-state index is 3.51. The summed E-state index contributed by atoms with van der Waals surface area (Å²) in [6.45, 7) is 0. The topological polar surface area (TPSA) is 0 Å². The highest BCUT2D eigenvalue weighted by Crippen LogP contribution is 2.36. The van der Waals surface area contributed by atoms with Crippen LogP contribution in [0.1, 0.15) is 17.5 Å². The number of hydrogen-bond donors (Lipinski definition) is 0. The van der Waals surface area contributed by atoms with Crippen LogP contribution in [0.15, 0.2) is 59.1 Å². The van der Waals surface area contributed by atoms with E-state index in [1.54, 1.807) is 0 Å². The Morgan fingerprint density at radius 1 is 0.750 bits per heavy atom. The Balaban J connectivity index is 2.02. The van der Waals surface area contributed by atoms with Gasteiger partial charge in [0.15, 0.2) is 0 Å². The van der Waals surface area contributed by atoms with Crippen molar-refractivity contribution in [2.75, 3.05) is 0 Å². The van der Waals surface area contributed by atoms with Gasteiger partial charge in [-0.2, -0.15) is 0 Å². The van der Waals surface area contributed by atoms with Crippen LogP contribution in [0.2, 0.25) is 0 Å². The van der Waals surface area contributed by atoms with Crippen molar-refractivity contribution >= 4 is 26.7 Å². The van der Waals surface area contributed by atoms with E-state index in [1.165, 1.54) is 52.3 Å². The molecule has 0 spiro atoms. The van der Waals surface area contributed by atoms with Crippen molar-refractivity contribution in [2.24, 2.45) is 0 Å². The largest absolute Gasteiger partial charge is 0.0613 e. The average molecular weight is 323 g/mol. The molecule has 4 rings (SSSR count). The molecule has 1 aliphatic rings. The van der Waals surface area contributed by atoms with Crippen LogP contribution in [0.25, 0.3) is 21.9 Å². The molecule has 0 aromatic heterocycles. The normalized spacial score (nSPS) is 13.7. The molecular weight excluding hydrogens is 308 g/mol. The van der Waals surface area contributed by atoms with Crippen LogP contribution >= 0.6 is 15.9 Å². The van der Waals surface area contributed by atoms with Gasteiger partial charge in [0.1, 0.15) is 0 Å². The van der Waals surface area contributed by atoms with E-state index in [2.05, 4.69) is 70.5 Å². The van der Waals surface area contributed by atoms with Gasteiger partial charge in [0.05, 0.1) is 0 Å². The molecule has 0 aliphatic heterocycles. The van der Waals surface area contributed by atoms with Gasteiger partial charge in [0.25, 0.3) is 0 Å². The highest BCUT2D eigenvalue weighted by Gasteiger charge is 2.14. The van der Waals surface area contributed by atoms with E-state index >= 15 is 0 Å². The summed E-state index contributed by atoms with van der Waals surface area (Å²) >= 11 is 3.51. The Hall–Kier alpha value is -1.60. The van der Waals surface area contributed by atoms with E-state index in [-0.39, 0.29) is 0 Å². The molecule has 0 bridgehead atoms. The Morgan fingerprint density at radius 2 is 1.50 bits per heavy atom. The van der Waals surface area contributed by atoms with E-state index in [0.717, 1.165) is 4.47 Å². The second-order valence-corrected chi connectivity index (χ2v) is 6.39. The summed E-state index contributed by atoms with van der Waals surface area (Å²) in [6, 6.07) is 20.0. The van der Waals surface area contributed by atoms with Crippen LogP contribution < -0.4 is 0 Å². The summed E-state index contributed by atoms with van der Waals surface area (Å²) in [5, 5.41) is 2.90. The van der Waals surface area contributed by atoms with Crippen molar-refractivity contribution < 1.29 is 0 Å². The molecule has 1 heteroatoms. The molecule has 0 saturated heterocycles. The molecule has 0 heterocycles. The van der Waals surface area contributed by atoms with E-state index < -0.39 is 0 Å². The predicted octanol–water partition coefficient (Wildman–Crippen LogP) is 5.76. The number of benzene rings is 3. The van der Waals surface area contributed by atoms with Gasteiger partial charge in [-0.25, -0.2) is 0 Å². The van der Waals surface area contributed by atoms with Gasteiger partial charge in [0, 0.05) is 4.47 Å². The maximum Gasteiger partial charge on any atom is 0.0175 e. The van der Waals surface area contributed by atoms with Crippen molar-refractivity contribution in [2.45, 2.75) is 19.3 Å².